The maximum Gasteiger partial charge on any atom is 0.0639 e. The van der Waals surface area contributed by atoms with Crippen LogP contribution in [0.4, 0.5) is 11.4 Å². The topological polar surface area (TPSA) is 24.7 Å². The van der Waals surface area contributed by atoms with Gasteiger partial charge in [-0.05, 0) is 86.8 Å². The van der Waals surface area contributed by atoms with Crippen LogP contribution in [0.5, 0.6) is 0 Å². The van der Waals surface area contributed by atoms with Crippen LogP contribution in [0.2, 0.25) is 0 Å². The molecule has 0 bridgehead atoms. The molecule has 0 saturated heterocycles. The second kappa shape index (κ2) is 34.5. The molecule has 2 nitrogen and oxygen atoms in total. The molecule has 0 aliphatic heterocycles. The number of benzene rings is 2. The molecule has 2 aromatic rings. The van der Waals surface area contributed by atoms with E-state index in [1.165, 1.54) is 164 Å². The second-order valence-electron chi connectivity index (χ2n) is 14.9. The largest absolute Gasteiger partial charge is 0.252 e. The van der Waals surface area contributed by atoms with E-state index in [4.69, 9.17) is 9.98 Å². The Hall–Kier alpha value is -2.25. The van der Waals surface area contributed by atoms with E-state index in [2.05, 4.69) is 101 Å². The average Bonchev–Trinajstić information content (AvgIpc) is 3.14. The summed E-state index contributed by atoms with van der Waals surface area (Å²) in [5.74, 6) is 0. The molecule has 0 spiro atoms. The molecule has 0 aliphatic carbocycles. The van der Waals surface area contributed by atoms with Crippen molar-refractivity contribution in [1.82, 2.24) is 0 Å². The van der Waals surface area contributed by atoms with Gasteiger partial charge in [0.1, 0.15) is 0 Å². The minimum absolute atomic E-state index is 0. The van der Waals surface area contributed by atoms with Crippen LogP contribution in [0, 0.1) is 0 Å². The molecule has 0 aromatic heterocycles. The molecule has 52 heavy (non-hydrogen) atoms. The molecule has 0 atom stereocenters. The van der Waals surface area contributed by atoms with E-state index in [9.17, 15) is 0 Å². The van der Waals surface area contributed by atoms with E-state index >= 15 is 0 Å². The minimum Gasteiger partial charge on any atom is -0.252 e. The summed E-state index contributed by atoms with van der Waals surface area (Å²) in [4.78, 5) is 10.7. The van der Waals surface area contributed by atoms with Crippen molar-refractivity contribution in [2.75, 3.05) is 0 Å². The molecule has 0 heterocycles. The Bertz CT molecular complexity index is 1240. The monoisotopic (exact) mass is 753 g/mol. The molecule has 3 heteroatoms. The van der Waals surface area contributed by atoms with Gasteiger partial charge >= 0.3 is 0 Å². The van der Waals surface area contributed by atoms with Gasteiger partial charge in [-0.2, -0.15) is 0 Å². The van der Waals surface area contributed by atoms with Gasteiger partial charge in [-0.25, -0.2) is 0 Å². The Morgan fingerprint density at radius 1 is 0.423 bits per heavy atom. The van der Waals surface area contributed by atoms with Gasteiger partial charge in [-0.1, -0.05) is 198 Å². The predicted octanol–water partition coefficient (Wildman–Crippen LogP) is 17.2. The van der Waals surface area contributed by atoms with Crippen LogP contribution in [0.25, 0.3) is 12.2 Å². The molecule has 294 valence electrons. The number of allylic oxidation sites excluding steroid dienone is 2. The zero-order chi connectivity index (χ0) is 36.5. The third kappa shape index (κ3) is 24.9. The van der Waals surface area contributed by atoms with Gasteiger partial charge in [0, 0.05) is 16.5 Å². The van der Waals surface area contributed by atoms with Gasteiger partial charge in [0.2, 0.25) is 0 Å². The van der Waals surface area contributed by atoms with Gasteiger partial charge in [-0.3, -0.25) is 9.98 Å². The van der Waals surface area contributed by atoms with Crippen LogP contribution in [-0.2, 0) is 16.5 Å². The van der Waals surface area contributed by atoms with Gasteiger partial charge in [0.25, 0.3) is 0 Å². The SMILES string of the molecule is CCCCCCCCCCC=Cc1cccc(N=C(CCCCC)C(CCCCCC)=Nc2cccc(C=CCCCCCCCCCC)c2)c1.[Ni]. The summed E-state index contributed by atoms with van der Waals surface area (Å²) in [5, 5.41) is 0. The van der Waals surface area contributed by atoms with Crippen molar-refractivity contribution < 1.29 is 16.5 Å². The molecular weight excluding hydrogens is 675 g/mol. The smallest absolute Gasteiger partial charge is 0.0639 e. The van der Waals surface area contributed by atoms with Crippen molar-refractivity contribution in [3.63, 3.8) is 0 Å². The number of nitrogens with zero attached hydrogens (tertiary/aromatic N) is 2. The van der Waals surface area contributed by atoms with Crippen molar-refractivity contribution in [3.8, 4) is 0 Å². The zero-order valence-corrected chi connectivity index (χ0v) is 35.2. The summed E-state index contributed by atoms with van der Waals surface area (Å²) < 4.78 is 0. The predicted molar refractivity (Wildman–Crippen MR) is 232 cm³/mol. The molecule has 0 fully saturated rings. The Labute approximate surface area is 332 Å². The van der Waals surface area contributed by atoms with Gasteiger partial charge in [-0.15, -0.1) is 0 Å². The van der Waals surface area contributed by atoms with Crippen LogP contribution in [0.15, 0.2) is 70.7 Å². The quantitative estimate of drug-likeness (QED) is 0.0404. The van der Waals surface area contributed by atoms with Crippen LogP contribution in [-0.4, -0.2) is 11.4 Å². The molecule has 0 amide bonds. The summed E-state index contributed by atoms with van der Waals surface area (Å²) in [6.07, 6.45) is 44.1. The average molecular weight is 754 g/mol. The fraction of sp³-hybridized carbons (Fsp3) is 0.633. The Morgan fingerprint density at radius 3 is 1.15 bits per heavy atom. The van der Waals surface area contributed by atoms with Crippen molar-refractivity contribution in [1.29, 1.82) is 0 Å². The van der Waals surface area contributed by atoms with Gasteiger partial charge < -0.3 is 0 Å². The van der Waals surface area contributed by atoms with Crippen LogP contribution in [0.1, 0.15) is 212 Å². The fourth-order valence-corrected chi connectivity index (χ4v) is 6.73. The van der Waals surface area contributed by atoms with Crippen molar-refractivity contribution >= 4 is 35.0 Å². The summed E-state index contributed by atoms with van der Waals surface area (Å²) in [6, 6.07) is 17.6. The van der Waals surface area contributed by atoms with Crippen molar-refractivity contribution in [2.24, 2.45) is 9.98 Å². The third-order valence-corrected chi connectivity index (χ3v) is 9.96. The zero-order valence-electron chi connectivity index (χ0n) is 34.2. The first-order valence-electron chi connectivity index (χ1n) is 21.9. The normalized spacial score (nSPS) is 12.3. The summed E-state index contributed by atoms with van der Waals surface area (Å²) in [5.41, 5.74) is 6.95. The van der Waals surface area contributed by atoms with Crippen molar-refractivity contribution in [3.05, 3.63) is 71.8 Å². The Kier molecular flexibility index (Phi) is 31.7. The van der Waals surface area contributed by atoms with E-state index < -0.39 is 0 Å². The van der Waals surface area contributed by atoms with E-state index in [1.54, 1.807) is 0 Å². The molecule has 0 saturated carbocycles. The number of unbranched alkanes of at least 4 members (excludes halogenated alkanes) is 21. The summed E-state index contributed by atoms with van der Waals surface area (Å²) in [7, 11) is 0. The van der Waals surface area contributed by atoms with E-state index in [-0.39, 0.29) is 16.5 Å². The van der Waals surface area contributed by atoms with Crippen molar-refractivity contribution in [2.45, 2.75) is 201 Å². The first-order chi connectivity index (χ1) is 25.2. The molecule has 2 aromatic carbocycles. The first-order valence-corrected chi connectivity index (χ1v) is 21.9. The van der Waals surface area contributed by atoms with Crippen LogP contribution < -0.4 is 0 Å². The van der Waals surface area contributed by atoms with E-state index in [1.807, 2.05) is 0 Å². The maximum atomic E-state index is 5.36. The number of aliphatic imine (C=N–C) groups is 2. The molecule has 0 radical (unpaired) electrons. The number of hydrogen-bond acceptors (Lipinski definition) is 2. The number of rotatable bonds is 32. The fourth-order valence-electron chi connectivity index (χ4n) is 6.73. The van der Waals surface area contributed by atoms with E-state index in [0.717, 1.165) is 43.5 Å². The molecular formula is C49H78N2Ni. The minimum atomic E-state index is 0. The van der Waals surface area contributed by atoms with Crippen LogP contribution >= 0.6 is 0 Å². The standard InChI is InChI=1S/C49H78N2.Ni/c1-5-9-13-16-18-20-22-24-26-29-34-44-36-32-38-46(42-44)50-48(40-28-12-8-4)49(41-31-15-11-7-3)51-47-39-33-37-45(43-47)35-30-27-25-23-21-19-17-14-10-6-2;/h29-30,32-39,42-43H,5-28,31,40-41H2,1-4H3;. The first kappa shape index (κ1) is 47.8. The number of hydrogen-bond donors (Lipinski definition) is 0. The maximum absolute atomic E-state index is 5.36. The van der Waals surface area contributed by atoms with E-state index in [0.29, 0.717) is 0 Å². The summed E-state index contributed by atoms with van der Waals surface area (Å²) >= 11 is 0. The molecule has 2 rings (SSSR count). The van der Waals surface area contributed by atoms with Gasteiger partial charge in [0.05, 0.1) is 22.8 Å². The molecule has 0 N–H and O–H groups in total. The Morgan fingerprint density at radius 2 is 0.750 bits per heavy atom. The molecule has 0 aliphatic rings. The van der Waals surface area contributed by atoms with Gasteiger partial charge in [0.15, 0.2) is 0 Å². The Balaban J connectivity index is 0.0000135. The summed E-state index contributed by atoms with van der Waals surface area (Å²) in [6.45, 7) is 9.16. The molecule has 0 unspecified atom stereocenters. The second-order valence-corrected chi connectivity index (χ2v) is 14.9. The third-order valence-electron chi connectivity index (χ3n) is 9.96. The van der Waals surface area contributed by atoms with Crippen LogP contribution in [0.3, 0.4) is 0 Å².